The Bertz CT molecular complexity index is 214. The number of hydrogen-bond donors (Lipinski definition) is 0. The van der Waals surface area contributed by atoms with E-state index < -0.39 is 0 Å². The van der Waals surface area contributed by atoms with Crippen molar-refractivity contribution >= 4 is 12.1 Å². The second-order valence-electron chi connectivity index (χ2n) is 3.23. The molecule has 0 N–H and O–H groups in total. The van der Waals surface area contributed by atoms with E-state index in [1.807, 2.05) is 6.08 Å². The first-order valence-corrected chi connectivity index (χ1v) is 3.94. The van der Waals surface area contributed by atoms with Crippen molar-refractivity contribution < 1.29 is 4.79 Å². The molecule has 0 aromatic carbocycles. The Labute approximate surface area is 67.0 Å². The Morgan fingerprint density at radius 2 is 2.36 bits per heavy atom. The van der Waals surface area contributed by atoms with Gasteiger partial charge < -0.3 is 0 Å². The van der Waals surface area contributed by atoms with Crippen molar-refractivity contribution in [1.82, 2.24) is 0 Å². The zero-order valence-corrected chi connectivity index (χ0v) is 7.00. The summed E-state index contributed by atoms with van der Waals surface area (Å²) in [6.45, 7) is 4.32. The van der Waals surface area contributed by atoms with Gasteiger partial charge in [0.15, 0.2) is 0 Å². The van der Waals surface area contributed by atoms with Crippen molar-refractivity contribution in [2.75, 3.05) is 0 Å². The maximum atomic E-state index is 10.7. The quantitative estimate of drug-likeness (QED) is 0.593. The van der Waals surface area contributed by atoms with Crippen LogP contribution in [-0.2, 0) is 4.79 Å². The molecule has 2 nitrogen and oxygen atoms in total. The molecule has 0 aromatic rings. The molecule has 1 amide bonds. The molecule has 1 rings (SSSR count). The monoisotopic (exact) mass is 151 g/mol. The molecule has 0 saturated heterocycles. The van der Waals surface area contributed by atoms with Gasteiger partial charge in [0.05, 0.1) is 0 Å². The molecule has 0 atom stereocenters. The van der Waals surface area contributed by atoms with Crippen LogP contribution in [0.25, 0.3) is 0 Å². The largest absolute Gasteiger partial charge is 0.272 e. The van der Waals surface area contributed by atoms with Gasteiger partial charge in [-0.15, -0.1) is 0 Å². The van der Waals surface area contributed by atoms with Crippen molar-refractivity contribution in [1.29, 1.82) is 0 Å². The van der Waals surface area contributed by atoms with Gasteiger partial charge in [0, 0.05) is 12.6 Å². The van der Waals surface area contributed by atoms with Crippen LogP contribution in [0, 0.1) is 5.92 Å². The fourth-order valence-corrected chi connectivity index (χ4v) is 1.09. The van der Waals surface area contributed by atoms with Gasteiger partial charge in [0.2, 0.25) is 5.91 Å². The first-order chi connectivity index (χ1) is 5.18. The molecule has 2 heteroatoms. The third kappa shape index (κ3) is 2.66. The van der Waals surface area contributed by atoms with Crippen LogP contribution in [0.5, 0.6) is 0 Å². The average molecular weight is 151 g/mol. The van der Waals surface area contributed by atoms with Crippen molar-refractivity contribution in [3.8, 4) is 0 Å². The molecule has 1 aliphatic heterocycles. The molecule has 11 heavy (non-hydrogen) atoms. The predicted octanol–water partition coefficient (Wildman–Crippen LogP) is 1.96. The van der Waals surface area contributed by atoms with Gasteiger partial charge in [-0.05, 0) is 17.9 Å². The fraction of sp³-hybridized carbons (Fsp3) is 0.556. The maximum absolute atomic E-state index is 10.7. The molecule has 0 fully saturated rings. The molecule has 1 heterocycles. The number of rotatable bonds is 2. The predicted molar refractivity (Wildman–Crippen MR) is 45.7 cm³/mol. The molecule has 0 aliphatic carbocycles. The highest BCUT2D eigenvalue weighted by Crippen LogP contribution is 2.12. The van der Waals surface area contributed by atoms with Crippen molar-refractivity contribution in [3.63, 3.8) is 0 Å². The minimum absolute atomic E-state index is 0.0301. The summed E-state index contributed by atoms with van der Waals surface area (Å²) in [7, 11) is 0. The summed E-state index contributed by atoms with van der Waals surface area (Å²) in [6.07, 6.45) is 5.16. The van der Waals surface area contributed by atoms with Gasteiger partial charge in [0.1, 0.15) is 0 Å². The van der Waals surface area contributed by atoms with E-state index in [4.69, 9.17) is 0 Å². The summed E-state index contributed by atoms with van der Waals surface area (Å²) in [5.74, 6) is 0.610. The van der Waals surface area contributed by atoms with Crippen LogP contribution < -0.4 is 0 Å². The zero-order chi connectivity index (χ0) is 8.27. The molecule has 0 radical (unpaired) electrons. The fourth-order valence-electron chi connectivity index (χ4n) is 1.09. The Morgan fingerprint density at radius 1 is 1.64 bits per heavy atom. The number of carbonyl (C=O) groups is 1. The Morgan fingerprint density at radius 3 is 2.82 bits per heavy atom. The molecule has 1 aliphatic rings. The number of hydrogen-bond acceptors (Lipinski definition) is 1. The van der Waals surface area contributed by atoms with Crippen molar-refractivity contribution in [3.05, 3.63) is 11.6 Å². The molecule has 0 bridgehead atoms. The normalized spacial score (nSPS) is 17.4. The molecule has 0 aromatic heterocycles. The summed E-state index contributed by atoms with van der Waals surface area (Å²) in [6, 6.07) is 0. The lowest BCUT2D eigenvalue weighted by Gasteiger charge is -2.07. The van der Waals surface area contributed by atoms with E-state index in [2.05, 4.69) is 18.8 Å². The Balaban J connectivity index is 2.50. The summed E-state index contributed by atoms with van der Waals surface area (Å²) in [5, 5.41) is 0. The number of nitrogens with zero attached hydrogens (tertiary/aromatic N) is 1. The minimum Gasteiger partial charge on any atom is -0.272 e. The summed E-state index contributed by atoms with van der Waals surface area (Å²) in [4.78, 5) is 14.4. The number of aliphatic imine (C=N–C) groups is 1. The van der Waals surface area contributed by atoms with E-state index in [0.29, 0.717) is 12.3 Å². The van der Waals surface area contributed by atoms with Gasteiger partial charge in [-0.3, -0.25) is 4.79 Å². The van der Waals surface area contributed by atoms with Crippen molar-refractivity contribution in [2.45, 2.75) is 26.7 Å². The molecule has 0 saturated carbocycles. The average Bonchev–Trinajstić information content (AvgIpc) is 1.93. The van der Waals surface area contributed by atoms with Gasteiger partial charge >= 0.3 is 0 Å². The number of allylic oxidation sites excluding steroid dienone is 1. The van der Waals surface area contributed by atoms with Crippen LogP contribution in [0.15, 0.2) is 16.6 Å². The van der Waals surface area contributed by atoms with Gasteiger partial charge in [-0.2, -0.15) is 0 Å². The second kappa shape index (κ2) is 3.46. The summed E-state index contributed by atoms with van der Waals surface area (Å²) < 4.78 is 0. The number of dihydropyridines is 1. The molecular formula is C9H13NO. The molecular weight excluding hydrogens is 138 g/mol. The number of carbonyl (C=O) groups excluding carboxylic acids is 1. The van der Waals surface area contributed by atoms with Gasteiger partial charge in [0.25, 0.3) is 0 Å². The zero-order valence-electron chi connectivity index (χ0n) is 7.00. The highest BCUT2D eigenvalue weighted by atomic mass is 16.1. The third-order valence-corrected chi connectivity index (χ3v) is 1.56. The van der Waals surface area contributed by atoms with Crippen LogP contribution >= 0.6 is 0 Å². The van der Waals surface area contributed by atoms with Crippen molar-refractivity contribution in [2.24, 2.45) is 10.9 Å². The lowest BCUT2D eigenvalue weighted by atomic mass is 10.0. The minimum atomic E-state index is -0.0301. The standard InChI is InChI=1S/C9H13NO/c1-7(2)5-8-3-4-9(11)10-6-8/h3,6-7H,4-5H2,1-2H3. The Kier molecular flexibility index (Phi) is 2.58. The van der Waals surface area contributed by atoms with Gasteiger partial charge in [-0.25, -0.2) is 4.99 Å². The topological polar surface area (TPSA) is 29.4 Å². The SMILES string of the molecule is CC(C)CC1=CCC(=O)N=C1. The van der Waals surface area contributed by atoms with E-state index in [1.165, 1.54) is 5.57 Å². The Hall–Kier alpha value is -0.920. The van der Waals surface area contributed by atoms with Crippen LogP contribution in [0.2, 0.25) is 0 Å². The smallest absolute Gasteiger partial charge is 0.249 e. The first-order valence-electron chi connectivity index (χ1n) is 3.94. The van der Waals surface area contributed by atoms with E-state index in [9.17, 15) is 4.79 Å². The van der Waals surface area contributed by atoms with E-state index in [-0.39, 0.29) is 5.91 Å². The summed E-state index contributed by atoms with van der Waals surface area (Å²) in [5.41, 5.74) is 1.19. The van der Waals surface area contributed by atoms with E-state index in [1.54, 1.807) is 6.21 Å². The second-order valence-corrected chi connectivity index (χ2v) is 3.23. The maximum Gasteiger partial charge on any atom is 0.249 e. The summed E-state index contributed by atoms with van der Waals surface area (Å²) >= 11 is 0. The van der Waals surface area contributed by atoms with Crippen LogP contribution in [-0.4, -0.2) is 12.1 Å². The van der Waals surface area contributed by atoms with Gasteiger partial charge in [-0.1, -0.05) is 19.9 Å². The highest BCUT2D eigenvalue weighted by molar-refractivity contribution is 5.95. The first kappa shape index (κ1) is 8.18. The van der Waals surface area contributed by atoms with E-state index in [0.717, 1.165) is 6.42 Å². The number of amides is 1. The molecule has 60 valence electrons. The van der Waals surface area contributed by atoms with Crippen LogP contribution in [0.1, 0.15) is 26.7 Å². The van der Waals surface area contributed by atoms with E-state index >= 15 is 0 Å². The van der Waals surface area contributed by atoms with Crippen LogP contribution in [0.3, 0.4) is 0 Å². The molecule has 0 spiro atoms. The molecule has 0 unspecified atom stereocenters. The lowest BCUT2D eigenvalue weighted by molar-refractivity contribution is -0.117. The third-order valence-electron chi connectivity index (χ3n) is 1.56. The van der Waals surface area contributed by atoms with Crippen LogP contribution in [0.4, 0.5) is 0 Å². The lowest BCUT2D eigenvalue weighted by Crippen LogP contribution is -2.02. The highest BCUT2D eigenvalue weighted by Gasteiger charge is 2.05.